The van der Waals surface area contributed by atoms with Gasteiger partial charge in [0, 0.05) is 28.8 Å². The predicted octanol–water partition coefficient (Wildman–Crippen LogP) is 2.09. The van der Waals surface area contributed by atoms with Crippen LogP contribution in [0.15, 0.2) is 12.1 Å². The van der Waals surface area contributed by atoms with Crippen LogP contribution >= 0.6 is 22.6 Å². The van der Waals surface area contributed by atoms with E-state index in [1.54, 1.807) is 27.5 Å². The lowest BCUT2D eigenvalue weighted by Crippen LogP contribution is -2.49. The Morgan fingerprint density at radius 2 is 2.12 bits per heavy atom. The van der Waals surface area contributed by atoms with Crippen LogP contribution in [0.5, 0.6) is 0 Å². The highest BCUT2D eigenvalue weighted by Crippen LogP contribution is 2.24. The van der Waals surface area contributed by atoms with Crippen molar-refractivity contribution in [1.29, 1.82) is 0 Å². The number of benzene rings is 1. The second kappa shape index (κ2) is 4.85. The van der Waals surface area contributed by atoms with E-state index in [0.29, 0.717) is 16.7 Å². The first-order valence-corrected chi connectivity index (χ1v) is 6.14. The Labute approximate surface area is 111 Å². The van der Waals surface area contributed by atoms with E-state index in [2.05, 4.69) is 0 Å². The van der Waals surface area contributed by atoms with Gasteiger partial charge in [-0.3, -0.25) is 9.69 Å². The molecule has 1 aromatic rings. The molecule has 17 heavy (non-hydrogen) atoms. The van der Waals surface area contributed by atoms with Crippen molar-refractivity contribution in [2.24, 2.45) is 5.92 Å². The summed E-state index contributed by atoms with van der Waals surface area (Å²) in [4.78, 5) is 12.3. The van der Waals surface area contributed by atoms with E-state index in [0.717, 1.165) is 0 Å². The zero-order valence-corrected chi connectivity index (χ0v) is 10.9. The van der Waals surface area contributed by atoms with Crippen molar-refractivity contribution < 1.29 is 18.7 Å². The molecular weight excluding hydrogens is 343 g/mol. The largest absolute Gasteiger partial charge is 0.481 e. The molecule has 0 radical (unpaired) electrons. The van der Waals surface area contributed by atoms with Crippen molar-refractivity contribution in [3.8, 4) is 0 Å². The minimum Gasteiger partial charge on any atom is -0.481 e. The number of carbonyl (C=O) groups is 1. The lowest BCUT2D eigenvalue weighted by Gasteiger charge is -2.36. The van der Waals surface area contributed by atoms with Crippen LogP contribution < -0.4 is 0 Å². The molecule has 0 bridgehead atoms. The Morgan fingerprint density at radius 3 is 2.71 bits per heavy atom. The maximum atomic E-state index is 13.6. The summed E-state index contributed by atoms with van der Waals surface area (Å²) in [7, 11) is 0. The van der Waals surface area contributed by atoms with E-state index >= 15 is 0 Å². The first kappa shape index (κ1) is 12.7. The topological polar surface area (TPSA) is 40.5 Å². The van der Waals surface area contributed by atoms with Gasteiger partial charge in [0.1, 0.15) is 11.6 Å². The van der Waals surface area contributed by atoms with E-state index in [9.17, 15) is 13.6 Å². The van der Waals surface area contributed by atoms with Crippen molar-refractivity contribution in [2.75, 3.05) is 13.1 Å². The third kappa shape index (κ3) is 2.57. The van der Waals surface area contributed by atoms with E-state index in [4.69, 9.17) is 5.11 Å². The zero-order valence-electron chi connectivity index (χ0n) is 8.79. The highest BCUT2D eigenvalue weighted by Gasteiger charge is 2.33. The normalized spacial score (nSPS) is 16.9. The van der Waals surface area contributed by atoms with Gasteiger partial charge in [0.05, 0.1) is 5.92 Å². The van der Waals surface area contributed by atoms with Gasteiger partial charge in [-0.05, 0) is 34.7 Å². The molecule has 1 aliphatic heterocycles. The third-order valence-corrected chi connectivity index (χ3v) is 3.66. The van der Waals surface area contributed by atoms with Crippen molar-refractivity contribution in [2.45, 2.75) is 6.54 Å². The van der Waals surface area contributed by atoms with Crippen LogP contribution in [0.3, 0.4) is 0 Å². The van der Waals surface area contributed by atoms with Gasteiger partial charge in [-0.15, -0.1) is 0 Å². The summed E-state index contributed by atoms with van der Waals surface area (Å²) in [5, 5.41) is 8.69. The van der Waals surface area contributed by atoms with Crippen LogP contribution in [-0.2, 0) is 11.3 Å². The highest BCUT2D eigenvalue weighted by molar-refractivity contribution is 14.1. The number of hydrogen-bond donors (Lipinski definition) is 1. The van der Waals surface area contributed by atoms with E-state index in [-0.39, 0.29) is 12.1 Å². The molecule has 92 valence electrons. The molecule has 1 fully saturated rings. The van der Waals surface area contributed by atoms with Crippen molar-refractivity contribution >= 4 is 28.6 Å². The fourth-order valence-corrected chi connectivity index (χ4v) is 2.30. The van der Waals surface area contributed by atoms with Crippen LogP contribution in [0.1, 0.15) is 5.56 Å². The molecule has 0 spiro atoms. The summed E-state index contributed by atoms with van der Waals surface area (Å²) in [6.45, 7) is 0.817. The second-order valence-electron chi connectivity index (χ2n) is 4.05. The number of carboxylic acid groups (broad SMARTS) is 1. The molecule has 1 heterocycles. The van der Waals surface area contributed by atoms with Crippen LogP contribution in [0.2, 0.25) is 0 Å². The molecule has 0 aliphatic carbocycles. The molecule has 0 atom stereocenters. The Kier molecular flexibility index (Phi) is 3.62. The Balaban J connectivity index is 2.06. The number of carboxylic acids is 1. The molecule has 3 nitrogen and oxygen atoms in total. The fraction of sp³-hybridized carbons (Fsp3) is 0.364. The Hall–Kier alpha value is -0.760. The van der Waals surface area contributed by atoms with Gasteiger partial charge in [0.15, 0.2) is 0 Å². The number of halogens is 3. The molecule has 1 saturated heterocycles. The van der Waals surface area contributed by atoms with Crippen LogP contribution in [-0.4, -0.2) is 29.1 Å². The quantitative estimate of drug-likeness (QED) is 0.668. The molecule has 0 unspecified atom stereocenters. The van der Waals surface area contributed by atoms with E-state index < -0.39 is 23.5 Å². The molecule has 2 rings (SSSR count). The standard InChI is InChI=1S/C11H10F2INO2/c12-8-1-2-9(14)10(13)7(8)5-15-3-6(4-15)11(16)17/h1-2,6H,3-5H2,(H,16,17). The number of aliphatic carboxylic acids is 1. The first-order chi connectivity index (χ1) is 7.99. The zero-order chi connectivity index (χ0) is 12.6. The predicted molar refractivity (Wildman–Crippen MR) is 65.5 cm³/mol. The molecule has 0 aromatic heterocycles. The van der Waals surface area contributed by atoms with Gasteiger partial charge in [-0.2, -0.15) is 0 Å². The highest BCUT2D eigenvalue weighted by atomic mass is 127. The molecule has 1 N–H and O–H groups in total. The summed E-state index contributed by atoms with van der Waals surface area (Å²) >= 11 is 1.80. The van der Waals surface area contributed by atoms with E-state index in [1.807, 2.05) is 0 Å². The number of rotatable bonds is 3. The summed E-state index contributed by atoms with van der Waals surface area (Å²) in [5.41, 5.74) is 0.0146. The fourth-order valence-electron chi connectivity index (χ4n) is 1.79. The maximum absolute atomic E-state index is 13.6. The molecule has 0 saturated carbocycles. The molecule has 6 heteroatoms. The SMILES string of the molecule is O=C(O)C1CN(Cc2c(F)ccc(I)c2F)C1. The van der Waals surface area contributed by atoms with E-state index in [1.165, 1.54) is 12.1 Å². The molecule has 0 amide bonds. The monoisotopic (exact) mass is 353 g/mol. The molecule has 1 aromatic carbocycles. The van der Waals surface area contributed by atoms with Crippen LogP contribution in [0, 0.1) is 21.1 Å². The average Bonchev–Trinajstić information content (AvgIpc) is 2.20. The van der Waals surface area contributed by atoms with Crippen LogP contribution in [0.4, 0.5) is 8.78 Å². The van der Waals surface area contributed by atoms with Gasteiger partial charge in [-0.25, -0.2) is 8.78 Å². The maximum Gasteiger partial charge on any atom is 0.309 e. The summed E-state index contributed by atoms with van der Waals surface area (Å²) in [5.74, 6) is -2.40. The van der Waals surface area contributed by atoms with Gasteiger partial charge >= 0.3 is 5.97 Å². The van der Waals surface area contributed by atoms with Gasteiger partial charge in [0.2, 0.25) is 0 Å². The Morgan fingerprint density at radius 1 is 1.47 bits per heavy atom. The summed E-state index contributed by atoms with van der Waals surface area (Å²) < 4.78 is 27.4. The lowest BCUT2D eigenvalue weighted by molar-refractivity contribution is -0.147. The van der Waals surface area contributed by atoms with Crippen molar-refractivity contribution in [3.05, 3.63) is 32.9 Å². The van der Waals surface area contributed by atoms with Crippen molar-refractivity contribution in [1.82, 2.24) is 4.90 Å². The van der Waals surface area contributed by atoms with Gasteiger partial charge < -0.3 is 5.11 Å². The van der Waals surface area contributed by atoms with Crippen molar-refractivity contribution in [3.63, 3.8) is 0 Å². The summed E-state index contributed by atoms with van der Waals surface area (Å²) in [6, 6.07) is 2.61. The number of likely N-dealkylation sites (tertiary alicyclic amines) is 1. The van der Waals surface area contributed by atoms with Gasteiger partial charge in [-0.1, -0.05) is 0 Å². The minimum atomic E-state index is -0.857. The first-order valence-electron chi connectivity index (χ1n) is 5.06. The molecule has 1 aliphatic rings. The number of hydrogen-bond acceptors (Lipinski definition) is 2. The number of nitrogens with zero attached hydrogens (tertiary/aromatic N) is 1. The lowest BCUT2D eigenvalue weighted by atomic mass is 9.99. The van der Waals surface area contributed by atoms with Gasteiger partial charge in [0.25, 0.3) is 0 Å². The third-order valence-electron chi connectivity index (χ3n) is 2.83. The summed E-state index contributed by atoms with van der Waals surface area (Å²) in [6.07, 6.45) is 0. The minimum absolute atomic E-state index is 0.0146. The van der Waals surface area contributed by atoms with Crippen LogP contribution in [0.25, 0.3) is 0 Å². The smallest absolute Gasteiger partial charge is 0.309 e. The Bertz CT molecular complexity index is 461. The second-order valence-corrected chi connectivity index (χ2v) is 5.21. The average molecular weight is 353 g/mol. The molecular formula is C11H10F2INO2.